The lowest BCUT2D eigenvalue weighted by molar-refractivity contribution is 0.194. The van der Waals surface area contributed by atoms with E-state index in [0.717, 1.165) is 6.61 Å². The smallest absolute Gasteiger partial charge is 0.117 e. The molecule has 0 aromatic carbocycles. The molecule has 1 aliphatic rings. The fraction of sp³-hybridized carbons (Fsp3) is 0.333. The lowest BCUT2D eigenvalue weighted by Gasteiger charge is -2.00. The maximum absolute atomic E-state index is 5.21. The Bertz CT molecular complexity index is 178. The Morgan fingerprint density at radius 2 is 2.45 bits per heavy atom. The van der Waals surface area contributed by atoms with Gasteiger partial charge in [-0.25, -0.2) is 0 Å². The third kappa shape index (κ3) is 3.63. The number of rotatable bonds is 5. The monoisotopic (exact) mass is 152 g/mol. The second-order valence-corrected chi connectivity index (χ2v) is 2.33. The van der Waals surface area contributed by atoms with E-state index in [9.17, 15) is 0 Å². The SMILES string of the molecule is C=C/C=C\C(=C)OCC1CO1. The minimum atomic E-state index is 0.295. The maximum atomic E-state index is 5.21. The highest BCUT2D eigenvalue weighted by Gasteiger charge is 2.22. The van der Waals surface area contributed by atoms with Crippen LogP contribution in [-0.2, 0) is 9.47 Å². The summed E-state index contributed by atoms with van der Waals surface area (Å²) in [5.74, 6) is 0.653. The van der Waals surface area contributed by atoms with Crippen molar-refractivity contribution in [1.82, 2.24) is 0 Å². The van der Waals surface area contributed by atoms with Crippen molar-refractivity contribution < 1.29 is 9.47 Å². The standard InChI is InChI=1S/C9H12O2/c1-3-4-5-8(2)10-6-9-7-11-9/h3-5,9H,1-2,6-7H2/b5-4-. The highest BCUT2D eigenvalue weighted by Crippen LogP contribution is 2.10. The molecule has 0 amide bonds. The van der Waals surface area contributed by atoms with Crippen LogP contribution in [0.5, 0.6) is 0 Å². The average Bonchev–Trinajstić information content (AvgIpc) is 2.80. The van der Waals surface area contributed by atoms with Gasteiger partial charge in [-0.3, -0.25) is 0 Å². The maximum Gasteiger partial charge on any atom is 0.117 e. The Morgan fingerprint density at radius 1 is 1.73 bits per heavy atom. The number of hydrogen-bond acceptors (Lipinski definition) is 2. The summed E-state index contributed by atoms with van der Waals surface area (Å²) in [4.78, 5) is 0. The van der Waals surface area contributed by atoms with Crippen LogP contribution >= 0.6 is 0 Å². The van der Waals surface area contributed by atoms with Crippen LogP contribution in [0.1, 0.15) is 0 Å². The second kappa shape index (κ2) is 3.98. The highest BCUT2D eigenvalue weighted by molar-refractivity contribution is 5.12. The van der Waals surface area contributed by atoms with Crippen molar-refractivity contribution in [2.75, 3.05) is 13.2 Å². The summed E-state index contributed by atoms with van der Waals surface area (Å²) < 4.78 is 10.2. The van der Waals surface area contributed by atoms with Crippen molar-refractivity contribution in [3.05, 3.63) is 37.1 Å². The molecule has 60 valence electrons. The van der Waals surface area contributed by atoms with Crippen molar-refractivity contribution in [1.29, 1.82) is 0 Å². The van der Waals surface area contributed by atoms with E-state index in [0.29, 0.717) is 18.5 Å². The molecule has 0 saturated carbocycles. The zero-order valence-electron chi connectivity index (χ0n) is 6.45. The van der Waals surface area contributed by atoms with Crippen LogP contribution in [0, 0.1) is 0 Å². The molecule has 0 N–H and O–H groups in total. The van der Waals surface area contributed by atoms with Gasteiger partial charge in [0.1, 0.15) is 18.5 Å². The molecule has 1 rings (SSSR count). The molecular weight excluding hydrogens is 140 g/mol. The van der Waals surface area contributed by atoms with Gasteiger partial charge >= 0.3 is 0 Å². The summed E-state index contributed by atoms with van der Waals surface area (Å²) in [7, 11) is 0. The number of ether oxygens (including phenoxy) is 2. The Kier molecular flexibility index (Phi) is 2.93. The first kappa shape index (κ1) is 8.08. The number of hydrogen-bond donors (Lipinski definition) is 0. The minimum absolute atomic E-state index is 0.295. The highest BCUT2D eigenvalue weighted by atomic mass is 16.6. The molecule has 0 spiro atoms. The van der Waals surface area contributed by atoms with Crippen molar-refractivity contribution in [2.24, 2.45) is 0 Å². The molecule has 2 heteroatoms. The van der Waals surface area contributed by atoms with Crippen molar-refractivity contribution in [3.8, 4) is 0 Å². The molecule has 0 radical (unpaired) electrons. The van der Waals surface area contributed by atoms with Gasteiger partial charge in [-0.05, 0) is 6.08 Å². The van der Waals surface area contributed by atoms with E-state index in [4.69, 9.17) is 9.47 Å². The molecule has 0 bridgehead atoms. The Balaban J connectivity index is 2.08. The minimum Gasteiger partial charge on any atom is -0.491 e. The zero-order chi connectivity index (χ0) is 8.10. The zero-order valence-corrected chi connectivity index (χ0v) is 6.45. The van der Waals surface area contributed by atoms with Crippen LogP contribution in [-0.4, -0.2) is 19.3 Å². The first-order valence-electron chi connectivity index (χ1n) is 3.55. The van der Waals surface area contributed by atoms with E-state index in [2.05, 4.69) is 13.2 Å². The lowest BCUT2D eigenvalue weighted by atomic mass is 10.4. The molecule has 0 aliphatic carbocycles. The molecular formula is C9H12O2. The van der Waals surface area contributed by atoms with Gasteiger partial charge in [-0.2, -0.15) is 0 Å². The van der Waals surface area contributed by atoms with Gasteiger partial charge in [0.25, 0.3) is 0 Å². The molecule has 1 saturated heterocycles. The van der Waals surface area contributed by atoms with E-state index in [-0.39, 0.29) is 0 Å². The topological polar surface area (TPSA) is 21.8 Å². The molecule has 0 aromatic heterocycles. The average molecular weight is 152 g/mol. The fourth-order valence-corrected chi connectivity index (χ4v) is 0.588. The Labute approximate surface area is 66.8 Å². The van der Waals surface area contributed by atoms with Gasteiger partial charge < -0.3 is 9.47 Å². The number of allylic oxidation sites excluding steroid dienone is 3. The Hall–Kier alpha value is -1.02. The van der Waals surface area contributed by atoms with E-state index < -0.39 is 0 Å². The van der Waals surface area contributed by atoms with Gasteiger partial charge in [-0.15, -0.1) is 0 Å². The Morgan fingerprint density at radius 3 is 3.00 bits per heavy atom. The molecule has 1 unspecified atom stereocenters. The summed E-state index contributed by atoms with van der Waals surface area (Å²) >= 11 is 0. The summed E-state index contributed by atoms with van der Waals surface area (Å²) in [5, 5.41) is 0. The lowest BCUT2D eigenvalue weighted by Crippen LogP contribution is -1.98. The molecule has 1 aliphatic heterocycles. The van der Waals surface area contributed by atoms with Crippen molar-refractivity contribution >= 4 is 0 Å². The van der Waals surface area contributed by atoms with Crippen LogP contribution in [0.3, 0.4) is 0 Å². The molecule has 1 fully saturated rings. The van der Waals surface area contributed by atoms with Crippen LogP contribution in [0.4, 0.5) is 0 Å². The summed E-state index contributed by atoms with van der Waals surface area (Å²) in [6.45, 7) is 8.64. The second-order valence-electron chi connectivity index (χ2n) is 2.33. The molecule has 0 aromatic rings. The third-order valence-electron chi connectivity index (χ3n) is 1.28. The normalized spacial score (nSPS) is 21.6. The van der Waals surface area contributed by atoms with Crippen LogP contribution in [0.2, 0.25) is 0 Å². The summed E-state index contributed by atoms with van der Waals surface area (Å²) in [5.41, 5.74) is 0. The van der Waals surface area contributed by atoms with Crippen LogP contribution < -0.4 is 0 Å². The van der Waals surface area contributed by atoms with Gasteiger partial charge in [-0.1, -0.05) is 25.3 Å². The van der Waals surface area contributed by atoms with Crippen molar-refractivity contribution in [2.45, 2.75) is 6.10 Å². The van der Waals surface area contributed by atoms with E-state index in [1.54, 1.807) is 18.2 Å². The van der Waals surface area contributed by atoms with Crippen molar-refractivity contribution in [3.63, 3.8) is 0 Å². The first-order chi connectivity index (χ1) is 5.33. The summed E-state index contributed by atoms with van der Waals surface area (Å²) in [6, 6.07) is 0. The predicted molar refractivity (Wildman–Crippen MR) is 44.2 cm³/mol. The third-order valence-corrected chi connectivity index (χ3v) is 1.28. The van der Waals surface area contributed by atoms with Gasteiger partial charge in [0.15, 0.2) is 0 Å². The van der Waals surface area contributed by atoms with E-state index >= 15 is 0 Å². The first-order valence-corrected chi connectivity index (χ1v) is 3.55. The van der Waals surface area contributed by atoms with Crippen LogP contribution in [0.15, 0.2) is 37.1 Å². The van der Waals surface area contributed by atoms with Gasteiger partial charge in [0.2, 0.25) is 0 Å². The molecule has 1 atom stereocenters. The van der Waals surface area contributed by atoms with Gasteiger partial charge in [0, 0.05) is 0 Å². The number of epoxide rings is 1. The van der Waals surface area contributed by atoms with E-state index in [1.165, 1.54) is 0 Å². The molecule has 2 nitrogen and oxygen atoms in total. The quantitative estimate of drug-likeness (QED) is 0.339. The predicted octanol–water partition coefficient (Wildman–Crippen LogP) is 1.66. The van der Waals surface area contributed by atoms with E-state index in [1.807, 2.05) is 0 Å². The van der Waals surface area contributed by atoms with Crippen LogP contribution in [0.25, 0.3) is 0 Å². The largest absolute Gasteiger partial charge is 0.491 e. The fourth-order valence-electron chi connectivity index (χ4n) is 0.588. The summed E-state index contributed by atoms with van der Waals surface area (Å²) in [6.07, 6.45) is 5.54. The molecule has 11 heavy (non-hydrogen) atoms. The van der Waals surface area contributed by atoms with Gasteiger partial charge in [0.05, 0.1) is 6.61 Å². The molecule has 1 heterocycles.